The fourth-order valence-corrected chi connectivity index (χ4v) is 1.51. The minimum atomic E-state index is -4.67. The van der Waals surface area contributed by atoms with E-state index in [2.05, 4.69) is 19.6 Å². The topological polar surface area (TPSA) is 61.0 Å². The largest absolute Gasteiger partial charge is 0.501 e. The van der Waals surface area contributed by atoms with Gasteiger partial charge in [-0.25, -0.2) is 0 Å². The van der Waals surface area contributed by atoms with E-state index < -0.39 is 12.1 Å². The lowest BCUT2D eigenvalue weighted by molar-refractivity contribution is -0.159. The van der Waals surface area contributed by atoms with Crippen LogP contribution in [0.3, 0.4) is 0 Å². The zero-order chi connectivity index (χ0) is 15.5. The number of hydrogen-bond donors (Lipinski definition) is 0. The molecule has 21 heavy (non-hydrogen) atoms. The minimum absolute atomic E-state index is 0.166. The lowest BCUT2D eigenvalue weighted by Gasteiger charge is -2.02. The number of alkyl halides is 3. The molecule has 0 spiro atoms. The van der Waals surface area contributed by atoms with Gasteiger partial charge in [-0.15, -0.1) is 0 Å². The van der Waals surface area contributed by atoms with Gasteiger partial charge in [0.1, 0.15) is 0 Å². The summed E-state index contributed by atoms with van der Waals surface area (Å²) in [7, 11) is 0. The van der Waals surface area contributed by atoms with E-state index in [1.807, 2.05) is 6.92 Å². The molecule has 0 aliphatic heterocycles. The highest BCUT2D eigenvalue weighted by Crippen LogP contribution is 2.29. The van der Waals surface area contributed by atoms with Crippen molar-refractivity contribution in [3.8, 4) is 11.4 Å². The zero-order valence-corrected chi connectivity index (χ0v) is 11.3. The van der Waals surface area contributed by atoms with Gasteiger partial charge in [-0.05, 0) is 31.6 Å². The number of rotatable bonds is 4. The van der Waals surface area contributed by atoms with Crippen LogP contribution in [0.2, 0.25) is 0 Å². The molecule has 8 heteroatoms. The van der Waals surface area contributed by atoms with E-state index in [4.69, 9.17) is 4.74 Å². The Kier molecular flexibility index (Phi) is 4.25. The van der Waals surface area contributed by atoms with Crippen LogP contribution in [-0.2, 0) is 10.9 Å². The molecule has 0 saturated heterocycles. The molecule has 2 heterocycles. The fraction of sp³-hybridized carbons (Fsp3) is 0.308. The highest BCUT2D eigenvalue weighted by molar-refractivity contribution is 5.61. The van der Waals surface area contributed by atoms with Crippen LogP contribution in [0.15, 0.2) is 23.0 Å². The standard InChI is InChI=1S/C13H12F3N3O2/c1-3-20-5-4-9-6-10(7-17-8(9)2)11-18-12(21-19-11)13(14,15)16/h4-7H,3H2,1-2H3. The van der Waals surface area contributed by atoms with Crippen LogP contribution in [0.4, 0.5) is 13.2 Å². The molecule has 0 aliphatic carbocycles. The Morgan fingerprint density at radius 1 is 1.38 bits per heavy atom. The predicted molar refractivity (Wildman–Crippen MR) is 67.9 cm³/mol. The Bertz CT molecular complexity index is 650. The maximum Gasteiger partial charge on any atom is 0.471 e. The molecule has 2 aromatic rings. The van der Waals surface area contributed by atoms with Gasteiger partial charge in [0, 0.05) is 17.5 Å². The van der Waals surface area contributed by atoms with Crippen LogP contribution < -0.4 is 0 Å². The van der Waals surface area contributed by atoms with Gasteiger partial charge in [0.25, 0.3) is 0 Å². The second-order valence-corrected chi connectivity index (χ2v) is 4.08. The lowest BCUT2D eigenvalue weighted by atomic mass is 10.1. The maximum absolute atomic E-state index is 12.4. The SMILES string of the molecule is CCOC=Cc1cc(-c2noc(C(F)(F)F)n2)cnc1C. The summed E-state index contributed by atoms with van der Waals surface area (Å²) in [5, 5.41) is 3.32. The van der Waals surface area contributed by atoms with Gasteiger partial charge in [0.15, 0.2) is 0 Å². The van der Waals surface area contributed by atoms with Gasteiger partial charge in [0.05, 0.1) is 12.9 Å². The van der Waals surface area contributed by atoms with Crippen LogP contribution in [0.5, 0.6) is 0 Å². The number of pyridine rings is 1. The van der Waals surface area contributed by atoms with Crippen LogP contribution >= 0.6 is 0 Å². The summed E-state index contributed by atoms with van der Waals surface area (Å²) in [6.07, 6.45) is -0.120. The highest BCUT2D eigenvalue weighted by atomic mass is 19.4. The van der Waals surface area contributed by atoms with E-state index in [0.717, 1.165) is 0 Å². The Hall–Kier alpha value is -2.38. The third-order valence-electron chi connectivity index (χ3n) is 2.56. The van der Waals surface area contributed by atoms with E-state index in [9.17, 15) is 13.2 Å². The summed E-state index contributed by atoms with van der Waals surface area (Å²) in [6, 6.07) is 1.61. The van der Waals surface area contributed by atoms with Crippen molar-refractivity contribution in [2.24, 2.45) is 0 Å². The molecule has 0 fully saturated rings. The van der Waals surface area contributed by atoms with Gasteiger partial charge in [-0.2, -0.15) is 18.2 Å². The van der Waals surface area contributed by atoms with Crippen molar-refractivity contribution < 1.29 is 22.4 Å². The first kappa shape index (κ1) is 15.0. The number of nitrogens with zero attached hydrogens (tertiary/aromatic N) is 3. The Labute approximate surface area is 118 Å². The summed E-state index contributed by atoms with van der Waals surface area (Å²) in [5.74, 6) is -1.55. The zero-order valence-electron chi connectivity index (χ0n) is 11.3. The number of aryl methyl sites for hydroxylation is 1. The normalized spacial score (nSPS) is 12.0. The van der Waals surface area contributed by atoms with E-state index in [-0.39, 0.29) is 5.82 Å². The first-order chi connectivity index (χ1) is 9.91. The Morgan fingerprint density at radius 3 is 2.76 bits per heavy atom. The maximum atomic E-state index is 12.4. The van der Waals surface area contributed by atoms with Gasteiger partial charge >= 0.3 is 12.1 Å². The summed E-state index contributed by atoms with van der Waals surface area (Å²) in [5.41, 5.74) is 1.73. The van der Waals surface area contributed by atoms with Crippen LogP contribution in [0.1, 0.15) is 24.1 Å². The van der Waals surface area contributed by atoms with E-state index >= 15 is 0 Å². The van der Waals surface area contributed by atoms with Crippen molar-refractivity contribution in [2.75, 3.05) is 6.61 Å². The summed E-state index contributed by atoms with van der Waals surface area (Å²) < 4.78 is 46.6. The molecule has 0 aromatic carbocycles. The third kappa shape index (κ3) is 3.59. The van der Waals surface area contributed by atoms with Crippen LogP contribution in [0.25, 0.3) is 17.5 Å². The van der Waals surface area contributed by atoms with Gasteiger partial charge in [-0.3, -0.25) is 4.98 Å². The number of ether oxygens (including phenoxy) is 1. The van der Waals surface area contributed by atoms with Gasteiger partial charge < -0.3 is 9.26 Å². The van der Waals surface area contributed by atoms with Crippen LogP contribution in [0, 0.1) is 6.92 Å². The summed E-state index contributed by atoms with van der Waals surface area (Å²) in [4.78, 5) is 7.42. The molecule has 0 N–H and O–H groups in total. The summed E-state index contributed by atoms with van der Waals surface area (Å²) in [6.45, 7) is 4.12. The first-order valence-corrected chi connectivity index (χ1v) is 6.08. The molecular weight excluding hydrogens is 287 g/mol. The first-order valence-electron chi connectivity index (χ1n) is 6.08. The highest BCUT2D eigenvalue weighted by Gasteiger charge is 2.38. The van der Waals surface area contributed by atoms with E-state index in [1.165, 1.54) is 12.5 Å². The van der Waals surface area contributed by atoms with Crippen molar-refractivity contribution in [1.29, 1.82) is 0 Å². The molecule has 0 atom stereocenters. The molecule has 112 valence electrons. The van der Waals surface area contributed by atoms with Crippen molar-refractivity contribution in [3.63, 3.8) is 0 Å². The average Bonchev–Trinajstić information content (AvgIpc) is 2.91. The minimum Gasteiger partial charge on any atom is -0.501 e. The van der Waals surface area contributed by atoms with Crippen molar-refractivity contribution in [3.05, 3.63) is 35.7 Å². The predicted octanol–water partition coefficient (Wildman–Crippen LogP) is 3.47. The molecule has 5 nitrogen and oxygen atoms in total. The van der Waals surface area contributed by atoms with Crippen molar-refractivity contribution in [2.45, 2.75) is 20.0 Å². The molecule has 0 unspecified atom stereocenters. The fourth-order valence-electron chi connectivity index (χ4n) is 1.51. The Morgan fingerprint density at radius 2 is 2.14 bits per heavy atom. The van der Waals surface area contributed by atoms with Gasteiger partial charge in [-0.1, -0.05) is 5.16 Å². The second kappa shape index (κ2) is 5.94. The van der Waals surface area contributed by atoms with Crippen molar-refractivity contribution >= 4 is 6.08 Å². The molecule has 0 bridgehead atoms. The molecular formula is C13H12F3N3O2. The van der Waals surface area contributed by atoms with Crippen LogP contribution in [-0.4, -0.2) is 21.7 Å². The quantitative estimate of drug-likeness (QED) is 0.809. The number of hydrogen-bond acceptors (Lipinski definition) is 5. The summed E-state index contributed by atoms with van der Waals surface area (Å²) >= 11 is 0. The smallest absolute Gasteiger partial charge is 0.471 e. The second-order valence-electron chi connectivity index (χ2n) is 4.08. The molecule has 0 aliphatic rings. The molecule has 2 aromatic heterocycles. The molecule has 0 saturated carbocycles. The third-order valence-corrected chi connectivity index (χ3v) is 2.56. The van der Waals surface area contributed by atoms with Gasteiger partial charge in [0.2, 0.25) is 5.82 Å². The van der Waals surface area contributed by atoms with Crippen molar-refractivity contribution in [1.82, 2.24) is 15.1 Å². The molecule has 0 radical (unpaired) electrons. The number of aromatic nitrogens is 3. The monoisotopic (exact) mass is 299 g/mol. The average molecular weight is 299 g/mol. The number of halogens is 3. The molecule has 0 amide bonds. The Balaban J connectivity index is 2.32. The molecule has 2 rings (SSSR count). The lowest BCUT2D eigenvalue weighted by Crippen LogP contribution is -2.04. The van der Waals surface area contributed by atoms with E-state index in [0.29, 0.717) is 23.4 Å². The van der Waals surface area contributed by atoms with E-state index in [1.54, 1.807) is 19.1 Å².